The van der Waals surface area contributed by atoms with Gasteiger partial charge in [-0.2, -0.15) is 0 Å². The molecule has 0 radical (unpaired) electrons. The molecule has 0 atom stereocenters. The van der Waals surface area contributed by atoms with E-state index >= 15 is 0 Å². The second-order valence-electron chi connectivity index (χ2n) is 11.0. The first kappa shape index (κ1) is 40.0. The smallest absolute Gasteiger partial charge is 0.211 e. The van der Waals surface area contributed by atoms with Crippen molar-refractivity contribution < 1.29 is 14.0 Å². The minimum atomic E-state index is -0.212. The first-order chi connectivity index (χ1) is 22.4. The lowest BCUT2D eigenvalue weighted by atomic mass is 9.96. The van der Waals surface area contributed by atoms with Gasteiger partial charge in [0, 0.05) is 36.3 Å². The summed E-state index contributed by atoms with van der Waals surface area (Å²) in [7, 11) is 0. The van der Waals surface area contributed by atoms with Crippen molar-refractivity contribution >= 4 is 17.9 Å². The molecule has 3 aromatic carbocycles. The number of anilines is 1. The van der Waals surface area contributed by atoms with Crippen molar-refractivity contribution in [1.29, 1.82) is 0 Å². The Morgan fingerprint density at radius 3 is 1.89 bits per heavy atom. The normalized spacial score (nSPS) is 10.0. The quantitative estimate of drug-likeness (QED) is 0.112. The molecule has 0 saturated carbocycles. The van der Waals surface area contributed by atoms with Gasteiger partial charge in [0.2, 0.25) is 6.41 Å². The molecule has 1 heterocycles. The number of ketones is 1. The van der Waals surface area contributed by atoms with Gasteiger partial charge in [-0.1, -0.05) is 110 Å². The topological polar surface area (TPSA) is 51.1 Å². The van der Waals surface area contributed by atoms with Crippen LogP contribution in [0.15, 0.2) is 84.9 Å². The highest BCUT2D eigenvalue weighted by Gasteiger charge is 2.23. The fourth-order valence-corrected chi connectivity index (χ4v) is 5.56. The number of hydrogen-bond donors (Lipinski definition) is 1. The number of amides is 1. The number of benzene rings is 3. The fourth-order valence-electron chi connectivity index (χ4n) is 5.56. The van der Waals surface area contributed by atoms with Crippen LogP contribution in [0.3, 0.4) is 0 Å². The van der Waals surface area contributed by atoms with E-state index in [2.05, 4.69) is 61.8 Å². The summed E-state index contributed by atoms with van der Waals surface area (Å²) in [5, 5.41) is 2.53. The van der Waals surface area contributed by atoms with Crippen LogP contribution in [-0.4, -0.2) is 16.8 Å². The summed E-state index contributed by atoms with van der Waals surface area (Å²) in [6.07, 6.45) is 7.28. The van der Waals surface area contributed by atoms with Gasteiger partial charge in [-0.25, -0.2) is 4.39 Å². The molecule has 250 valence electrons. The summed E-state index contributed by atoms with van der Waals surface area (Å²) < 4.78 is 16.2. The molecular weight excluding hydrogens is 571 g/mol. The number of rotatable bonds is 14. The molecule has 0 bridgehead atoms. The van der Waals surface area contributed by atoms with Crippen molar-refractivity contribution in [2.24, 2.45) is 0 Å². The van der Waals surface area contributed by atoms with E-state index in [4.69, 9.17) is 0 Å². The number of para-hydroxylation sites is 1. The first-order valence-electron chi connectivity index (χ1n) is 17.2. The van der Waals surface area contributed by atoms with Crippen LogP contribution in [0.5, 0.6) is 0 Å². The zero-order valence-corrected chi connectivity index (χ0v) is 29.5. The number of aromatic nitrogens is 1. The summed E-state index contributed by atoms with van der Waals surface area (Å²) in [6.45, 7) is 17.7. The summed E-state index contributed by atoms with van der Waals surface area (Å²) in [4.78, 5) is 21.6. The molecular formula is C41H57FN2O2. The first-order valence-corrected chi connectivity index (χ1v) is 17.2. The van der Waals surface area contributed by atoms with E-state index in [9.17, 15) is 14.0 Å². The molecule has 1 aromatic heterocycles. The Kier molecular flexibility index (Phi) is 20.3. The van der Waals surface area contributed by atoms with Gasteiger partial charge >= 0.3 is 0 Å². The minimum absolute atomic E-state index is 0.212. The van der Waals surface area contributed by atoms with Crippen LogP contribution in [0.25, 0.3) is 22.4 Å². The molecule has 0 spiro atoms. The van der Waals surface area contributed by atoms with Crippen molar-refractivity contribution in [3.8, 4) is 22.4 Å². The SMILES string of the molecule is CC.CC.CCCC(=O)CCCCCCn1c(-c2ccc(F)cc2)c(-c2ccccc2)c(C)c1C(C)C.O=CNc1ccccc1. The summed E-state index contributed by atoms with van der Waals surface area (Å²) in [5.74, 6) is 0.566. The molecule has 4 rings (SSSR count). The molecule has 5 heteroatoms. The maximum absolute atomic E-state index is 13.7. The Morgan fingerprint density at radius 1 is 0.783 bits per heavy atom. The number of nitrogens with zero attached hydrogens (tertiary/aromatic N) is 1. The van der Waals surface area contributed by atoms with Crippen molar-refractivity contribution in [2.45, 2.75) is 113 Å². The van der Waals surface area contributed by atoms with Gasteiger partial charge in [0.15, 0.2) is 0 Å². The highest BCUT2D eigenvalue weighted by Crippen LogP contribution is 2.41. The van der Waals surface area contributed by atoms with E-state index in [1.165, 1.54) is 28.1 Å². The van der Waals surface area contributed by atoms with E-state index in [-0.39, 0.29) is 5.82 Å². The zero-order valence-electron chi connectivity index (χ0n) is 29.5. The maximum atomic E-state index is 13.7. The van der Waals surface area contributed by atoms with Crippen LogP contribution < -0.4 is 5.32 Å². The largest absolute Gasteiger partial charge is 0.344 e. The van der Waals surface area contributed by atoms with E-state index in [1.54, 1.807) is 12.1 Å². The Hall–Kier alpha value is -3.99. The van der Waals surface area contributed by atoms with E-state index in [1.807, 2.05) is 76.2 Å². The van der Waals surface area contributed by atoms with Gasteiger partial charge < -0.3 is 9.88 Å². The van der Waals surface area contributed by atoms with Crippen LogP contribution in [0.1, 0.15) is 111 Å². The Bertz CT molecular complexity index is 1380. The lowest BCUT2D eigenvalue weighted by Gasteiger charge is -2.17. The second kappa shape index (κ2) is 23.4. The van der Waals surface area contributed by atoms with Gasteiger partial charge in [-0.3, -0.25) is 9.59 Å². The fraction of sp³-hybridized carbons (Fsp3) is 0.415. The number of unbranched alkanes of at least 4 members (excludes halogenated alkanes) is 3. The number of carbonyl (C=O) groups is 2. The van der Waals surface area contributed by atoms with Gasteiger partial charge in [0.25, 0.3) is 0 Å². The summed E-state index contributed by atoms with van der Waals surface area (Å²) >= 11 is 0. The highest BCUT2D eigenvalue weighted by molar-refractivity contribution is 5.85. The van der Waals surface area contributed by atoms with Crippen LogP contribution in [0.2, 0.25) is 0 Å². The van der Waals surface area contributed by atoms with Crippen molar-refractivity contribution in [1.82, 2.24) is 4.57 Å². The van der Waals surface area contributed by atoms with Gasteiger partial charge in [-0.15, -0.1) is 0 Å². The number of nitrogens with one attached hydrogen (secondary N) is 1. The van der Waals surface area contributed by atoms with Crippen molar-refractivity contribution in [2.75, 3.05) is 5.32 Å². The Labute approximate surface area is 278 Å². The number of hydrogen-bond acceptors (Lipinski definition) is 2. The lowest BCUT2D eigenvalue weighted by molar-refractivity contribution is -0.119. The van der Waals surface area contributed by atoms with Gasteiger partial charge in [0.1, 0.15) is 11.6 Å². The third kappa shape index (κ3) is 12.8. The molecule has 1 N–H and O–H groups in total. The van der Waals surface area contributed by atoms with E-state index < -0.39 is 0 Å². The lowest BCUT2D eigenvalue weighted by Crippen LogP contribution is -2.07. The van der Waals surface area contributed by atoms with Gasteiger partial charge in [-0.05, 0) is 85.2 Å². The Balaban J connectivity index is 0.000000686. The van der Waals surface area contributed by atoms with E-state index in [0.29, 0.717) is 31.0 Å². The maximum Gasteiger partial charge on any atom is 0.211 e. The van der Waals surface area contributed by atoms with Crippen molar-refractivity contribution in [3.63, 3.8) is 0 Å². The minimum Gasteiger partial charge on any atom is -0.344 e. The monoisotopic (exact) mass is 628 g/mol. The standard InChI is InChI=1S/C30H38FNO.C7H7NO.2C2H6/c1-5-13-27(33)16-11-6-7-12-21-32-29(22(2)3)23(4)28(24-14-9-8-10-15-24)30(32)25-17-19-26(31)20-18-25;9-6-8-7-4-2-1-3-5-7;2*1-2/h8-10,14-15,17-20,22H,5-7,11-13,16,21H2,1-4H3;1-6H,(H,8,9);2*1-2H3. The predicted octanol–water partition coefficient (Wildman–Crippen LogP) is 12.0. The molecule has 0 fully saturated rings. The molecule has 0 unspecified atom stereocenters. The summed E-state index contributed by atoms with van der Waals surface area (Å²) in [6, 6.07) is 26.7. The third-order valence-electron chi connectivity index (χ3n) is 7.40. The predicted molar refractivity (Wildman–Crippen MR) is 196 cm³/mol. The van der Waals surface area contributed by atoms with E-state index in [0.717, 1.165) is 49.9 Å². The van der Waals surface area contributed by atoms with Gasteiger partial charge in [0.05, 0.1) is 5.69 Å². The molecule has 4 aromatic rings. The second-order valence-corrected chi connectivity index (χ2v) is 11.0. The Morgan fingerprint density at radius 2 is 1.35 bits per heavy atom. The van der Waals surface area contributed by atoms with Crippen molar-refractivity contribution in [3.05, 3.63) is 102 Å². The molecule has 0 saturated heterocycles. The number of Topliss-reactive ketones (excluding diaryl/α,β-unsaturated/α-hetero) is 1. The summed E-state index contributed by atoms with van der Waals surface area (Å²) in [5.41, 5.74) is 8.16. The van der Waals surface area contributed by atoms with Crippen LogP contribution >= 0.6 is 0 Å². The molecule has 0 aliphatic rings. The molecule has 1 amide bonds. The van der Waals surface area contributed by atoms with Crippen LogP contribution in [0, 0.1) is 12.7 Å². The average molecular weight is 629 g/mol. The average Bonchev–Trinajstić information content (AvgIpc) is 3.38. The highest BCUT2D eigenvalue weighted by atomic mass is 19.1. The number of halogens is 1. The van der Waals surface area contributed by atoms with Crippen LogP contribution in [0.4, 0.5) is 10.1 Å². The molecule has 0 aliphatic carbocycles. The number of carbonyl (C=O) groups excluding carboxylic acids is 2. The molecule has 0 aliphatic heterocycles. The molecule has 4 nitrogen and oxygen atoms in total. The zero-order chi connectivity index (χ0) is 34.3. The third-order valence-corrected chi connectivity index (χ3v) is 7.40. The molecule has 46 heavy (non-hydrogen) atoms. The van der Waals surface area contributed by atoms with Crippen LogP contribution in [-0.2, 0) is 16.1 Å².